The number of rotatable bonds is 5. The first-order valence-corrected chi connectivity index (χ1v) is 9.92. The molecule has 2 rings (SSSR count). The molecule has 24 heavy (non-hydrogen) atoms. The summed E-state index contributed by atoms with van der Waals surface area (Å²) in [5, 5.41) is 2.86. The molecule has 0 saturated carbocycles. The van der Waals surface area contributed by atoms with Gasteiger partial charge in [-0.05, 0) is 31.4 Å². The first kappa shape index (κ1) is 18.7. The van der Waals surface area contributed by atoms with Crippen molar-refractivity contribution >= 4 is 15.9 Å². The van der Waals surface area contributed by atoms with Crippen LogP contribution in [0.4, 0.5) is 0 Å². The van der Waals surface area contributed by atoms with Crippen molar-refractivity contribution in [3.05, 3.63) is 33.7 Å². The fraction of sp³-hybridized carbons (Fsp3) is 0.625. The third-order valence-corrected chi connectivity index (χ3v) is 5.89. The SMILES string of the molecule is CCCC1CN(S(C)(=O)=O)CC1NC(=O)c1ccc(C)n(C)c1=O. The van der Waals surface area contributed by atoms with Gasteiger partial charge in [0.05, 0.1) is 6.26 Å². The molecular weight excluding hydrogens is 330 g/mol. The number of aromatic nitrogens is 1. The summed E-state index contributed by atoms with van der Waals surface area (Å²) in [6.45, 7) is 4.48. The van der Waals surface area contributed by atoms with Gasteiger partial charge in [-0.25, -0.2) is 8.42 Å². The van der Waals surface area contributed by atoms with Gasteiger partial charge in [0, 0.05) is 31.9 Å². The van der Waals surface area contributed by atoms with Gasteiger partial charge < -0.3 is 9.88 Å². The number of sulfonamides is 1. The summed E-state index contributed by atoms with van der Waals surface area (Å²) >= 11 is 0. The highest BCUT2D eigenvalue weighted by Crippen LogP contribution is 2.24. The number of nitrogens with zero attached hydrogens (tertiary/aromatic N) is 2. The molecule has 1 saturated heterocycles. The standard InChI is InChI=1S/C16H25N3O4S/c1-5-6-12-9-19(24(4,22)23)10-14(12)17-15(20)13-8-7-11(2)18(3)16(13)21/h7-8,12,14H,5-6,9-10H2,1-4H3,(H,17,20). The van der Waals surface area contributed by atoms with Crippen LogP contribution in [0.2, 0.25) is 0 Å². The Balaban J connectivity index is 2.21. The summed E-state index contributed by atoms with van der Waals surface area (Å²) in [5.74, 6) is -0.389. The van der Waals surface area contributed by atoms with E-state index in [2.05, 4.69) is 5.32 Å². The lowest BCUT2D eigenvalue weighted by Crippen LogP contribution is -2.43. The van der Waals surface area contributed by atoms with Gasteiger partial charge in [0.15, 0.2) is 0 Å². The largest absolute Gasteiger partial charge is 0.347 e. The minimum Gasteiger partial charge on any atom is -0.347 e. The second-order valence-corrected chi connectivity index (χ2v) is 8.44. The summed E-state index contributed by atoms with van der Waals surface area (Å²) in [7, 11) is -1.67. The fourth-order valence-electron chi connectivity index (χ4n) is 3.08. The summed E-state index contributed by atoms with van der Waals surface area (Å²) < 4.78 is 26.4. The molecule has 1 fully saturated rings. The van der Waals surface area contributed by atoms with Crippen LogP contribution >= 0.6 is 0 Å². The van der Waals surface area contributed by atoms with Crippen LogP contribution in [0.15, 0.2) is 16.9 Å². The highest BCUT2D eigenvalue weighted by molar-refractivity contribution is 7.88. The van der Waals surface area contributed by atoms with Gasteiger partial charge in [0.2, 0.25) is 10.0 Å². The van der Waals surface area contributed by atoms with E-state index >= 15 is 0 Å². The molecule has 1 aromatic rings. The van der Waals surface area contributed by atoms with Crippen molar-refractivity contribution in [2.24, 2.45) is 13.0 Å². The normalized spacial score (nSPS) is 21.8. The summed E-state index contributed by atoms with van der Waals surface area (Å²) in [5.41, 5.74) is 0.498. The van der Waals surface area contributed by atoms with Crippen LogP contribution in [0.3, 0.4) is 0 Å². The van der Waals surface area contributed by atoms with Crippen molar-refractivity contribution in [3.8, 4) is 0 Å². The van der Waals surface area contributed by atoms with E-state index in [4.69, 9.17) is 0 Å². The Morgan fingerprint density at radius 1 is 1.33 bits per heavy atom. The van der Waals surface area contributed by atoms with Gasteiger partial charge in [-0.1, -0.05) is 13.3 Å². The van der Waals surface area contributed by atoms with E-state index in [-0.39, 0.29) is 29.6 Å². The second kappa shape index (κ2) is 7.06. The van der Waals surface area contributed by atoms with Gasteiger partial charge in [0.25, 0.3) is 11.5 Å². The van der Waals surface area contributed by atoms with E-state index in [0.717, 1.165) is 18.5 Å². The van der Waals surface area contributed by atoms with Gasteiger partial charge in [-0.3, -0.25) is 9.59 Å². The van der Waals surface area contributed by atoms with Gasteiger partial charge in [0.1, 0.15) is 5.56 Å². The van der Waals surface area contributed by atoms with E-state index in [0.29, 0.717) is 6.54 Å². The molecule has 1 aromatic heterocycles. The molecular formula is C16H25N3O4S. The smallest absolute Gasteiger partial charge is 0.263 e. The third-order valence-electron chi connectivity index (χ3n) is 4.65. The summed E-state index contributed by atoms with van der Waals surface area (Å²) in [6, 6.07) is 2.96. The molecule has 2 atom stereocenters. The fourth-order valence-corrected chi connectivity index (χ4v) is 3.97. The Bertz CT molecular complexity index is 785. The lowest BCUT2D eigenvalue weighted by Gasteiger charge is -2.19. The molecule has 2 unspecified atom stereocenters. The molecule has 0 aromatic carbocycles. The number of amides is 1. The first-order chi connectivity index (χ1) is 11.1. The molecule has 0 spiro atoms. The zero-order valence-corrected chi connectivity index (χ0v) is 15.4. The molecule has 1 aliphatic rings. The predicted octanol–water partition coefficient (Wildman–Crippen LogP) is 0.484. The molecule has 8 heteroatoms. The van der Waals surface area contributed by atoms with Crippen molar-refractivity contribution in [1.29, 1.82) is 0 Å². The van der Waals surface area contributed by atoms with Crippen LogP contribution in [-0.4, -0.2) is 48.6 Å². The number of aryl methyl sites for hydroxylation is 1. The number of pyridine rings is 1. The molecule has 134 valence electrons. The second-order valence-electron chi connectivity index (χ2n) is 6.46. The maximum atomic E-state index is 12.5. The topological polar surface area (TPSA) is 88.5 Å². The Morgan fingerprint density at radius 2 is 2.00 bits per heavy atom. The number of hydrogen-bond donors (Lipinski definition) is 1. The van der Waals surface area contributed by atoms with Gasteiger partial charge in [-0.15, -0.1) is 0 Å². The number of carbonyl (C=O) groups is 1. The number of carbonyl (C=O) groups excluding carboxylic acids is 1. The molecule has 2 heterocycles. The molecule has 1 amide bonds. The monoisotopic (exact) mass is 355 g/mol. The minimum absolute atomic E-state index is 0.0583. The molecule has 0 radical (unpaired) electrons. The lowest BCUT2D eigenvalue weighted by molar-refractivity contribution is 0.0927. The molecule has 1 aliphatic heterocycles. The van der Waals surface area contributed by atoms with E-state index in [1.54, 1.807) is 20.0 Å². The minimum atomic E-state index is -3.29. The zero-order chi connectivity index (χ0) is 18.1. The zero-order valence-electron chi connectivity index (χ0n) is 14.6. The molecule has 0 aliphatic carbocycles. The molecule has 7 nitrogen and oxygen atoms in total. The van der Waals surface area contributed by atoms with E-state index < -0.39 is 15.9 Å². The van der Waals surface area contributed by atoms with Crippen molar-refractivity contribution in [2.75, 3.05) is 19.3 Å². The van der Waals surface area contributed by atoms with Gasteiger partial charge in [-0.2, -0.15) is 4.31 Å². The van der Waals surface area contributed by atoms with Crippen LogP contribution in [-0.2, 0) is 17.1 Å². The van der Waals surface area contributed by atoms with Crippen LogP contribution in [0, 0.1) is 12.8 Å². The average Bonchev–Trinajstić information content (AvgIpc) is 2.88. The number of hydrogen-bond acceptors (Lipinski definition) is 4. The van der Waals surface area contributed by atoms with Gasteiger partial charge >= 0.3 is 0 Å². The van der Waals surface area contributed by atoms with E-state index in [1.165, 1.54) is 21.2 Å². The van der Waals surface area contributed by atoms with Crippen LogP contribution < -0.4 is 10.9 Å². The Hall–Kier alpha value is -1.67. The predicted molar refractivity (Wildman–Crippen MR) is 92.5 cm³/mol. The third kappa shape index (κ3) is 3.87. The summed E-state index contributed by atoms with van der Waals surface area (Å²) in [6.07, 6.45) is 2.90. The van der Waals surface area contributed by atoms with Crippen molar-refractivity contribution in [1.82, 2.24) is 14.2 Å². The average molecular weight is 355 g/mol. The highest BCUT2D eigenvalue weighted by Gasteiger charge is 2.37. The van der Waals surface area contributed by atoms with Crippen molar-refractivity contribution in [2.45, 2.75) is 32.7 Å². The summed E-state index contributed by atoms with van der Waals surface area (Å²) in [4.78, 5) is 24.7. The van der Waals surface area contributed by atoms with Crippen molar-refractivity contribution in [3.63, 3.8) is 0 Å². The van der Waals surface area contributed by atoms with E-state index in [9.17, 15) is 18.0 Å². The van der Waals surface area contributed by atoms with Crippen molar-refractivity contribution < 1.29 is 13.2 Å². The maximum Gasteiger partial charge on any atom is 0.263 e. The van der Waals surface area contributed by atoms with Crippen LogP contribution in [0.1, 0.15) is 35.8 Å². The highest BCUT2D eigenvalue weighted by atomic mass is 32.2. The van der Waals surface area contributed by atoms with E-state index in [1.807, 2.05) is 6.92 Å². The quantitative estimate of drug-likeness (QED) is 0.832. The Morgan fingerprint density at radius 3 is 2.58 bits per heavy atom. The number of nitrogens with one attached hydrogen (secondary N) is 1. The lowest BCUT2D eigenvalue weighted by atomic mass is 9.98. The molecule has 1 N–H and O–H groups in total. The maximum absolute atomic E-state index is 12.5. The van der Waals surface area contributed by atoms with Crippen LogP contribution in [0.5, 0.6) is 0 Å². The first-order valence-electron chi connectivity index (χ1n) is 8.07. The molecule has 0 bridgehead atoms. The Labute approximate surface area is 142 Å². The Kier molecular flexibility index (Phi) is 5.49. The van der Waals surface area contributed by atoms with Crippen LogP contribution in [0.25, 0.3) is 0 Å².